The van der Waals surface area contributed by atoms with Crippen LogP contribution in [0.25, 0.3) is 0 Å². The predicted molar refractivity (Wildman–Crippen MR) is 69.0 cm³/mol. The highest BCUT2D eigenvalue weighted by Gasteiger charge is 2.20. The lowest BCUT2D eigenvalue weighted by molar-refractivity contribution is -0.131. The first-order chi connectivity index (χ1) is 8.27. The predicted octanol–water partition coefficient (Wildman–Crippen LogP) is 1.40. The van der Waals surface area contributed by atoms with Gasteiger partial charge in [-0.1, -0.05) is 6.92 Å². The first-order valence-electron chi connectivity index (χ1n) is 6.78. The zero-order valence-corrected chi connectivity index (χ0v) is 11.2. The lowest BCUT2D eigenvalue weighted by atomic mass is 10.2. The molecule has 1 N–H and O–H groups in total. The Kier molecular flexibility index (Phi) is 7.21. The molecular weight excluding hydrogens is 216 g/mol. The highest BCUT2D eigenvalue weighted by Crippen LogP contribution is 2.09. The number of methoxy groups -OCH3 is 1. The van der Waals surface area contributed by atoms with Crippen molar-refractivity contribution in [3.63, 3.8) is 0 Å². The summed E-state index contributed by atoms with van der Waals surface area (Å²) in [7, 11) is 1.68. The van der Waals surface area contributed by atoms with Gasteiger partial charge in [-0.15, -0.1) is 0 Å². The van der Waals surface area contributed by atoms with Gasteiger partial charge in [0.2, 0.25) is 5.91 Å². The fraction of sp³-hybridized carbons (Fsp3) is 0.923. The Morgan fingerprint density at radius 3 is 2.94 bits per heavy atom. The molecule has 1 saturated heterocycles. The fourth-order valence-electron chi connectivity index (χ4n) is 2.29. The van der Waals surface area contributed by atoms with Crippen molar-refractivity contribution in [2.75, 3.05) is 33.4 Å². The first kappa shape index (κ1) is 14.5. The Bertz CT molecular complexity index is 215. The number of hydrogen-bond acceptors (Lipinski definition) is 3. The Hall–Kier alpha value is -0.610. The van der Waals surface area contributed by atoms with Crippen molar-refractivity contribution in [2.24, 2.45) is 0 Å². The molecule has 1 amide bonds. The van der Waals surface area contributed by atoms with Crippen LogP contribution in [0.3, 0.4) is 0 Å². The molecule has 0 aliphatic carbocycles. The molecule has 0 aromatic carbocycles. The van der Waals surface area contributed by atoms with Crippen LogP contribution in [0, 0.1) is 0 Å². The van der Waals surface area contributed by atoms with Gasteiger partial charge >= 0.3 is 0 Å². The van der Waals surface area contributed by atoms with Crippen LogP contribution in [0.15, 0.2) is 0 Å². The summed E-state index contributed by atoms with van der Waals surface area (Å²) in [6, 6.07) is 0.507. The topological polar surface area (TPSA) is 41.6 Å². The zero-order valence-electron chi connectivity index (χ0n) is 11.2. The van der Waals surface area contributed by atoms with E-state index in [1.165, 1.54) is 12.8 Å². The van der Waals surface area contributed by atoms with Gasteiger partial charge in [0.1, 0.15) is 0 Å². The second-order valence-corrected chi connectivity index (χ2v) is 4.73. The number of nitrogens with one attached hydrogen (secondary N) is 1. The zero-order chi connectivity index (χ0) is 12.5. The average Bonchev–Trinajstić information content (AvgIpc) is 2.81. The lowest BCUT2D eigenvalue weighted by Gasteiger charge is -2.25. The van der Waals surface area contributed by atoms with Gasteiger partial charge in [0.25, 0.3) is 0 Å². The summed E-state index contributed by atoms with van der Waals surface area (Å²) in [4.78, 5) is 14.1. The minimum atomic E-state index is 0.276. The summed E-state index contributed by atoms with van der Waals surface area (Å²) in [6.07, 6.45) is 4.91. The minimum absolute atomic E-state index is 0.276. The molecule has 0 aromatic rings. The van der Waals surface area contributed by atoms with E-state index < -0.39 is 0 Å². The molecule has 1 atom stereocenters. The van der Waals surface area contributed by atoms with Crippen molar-refractivity contribution in [1.82, 2.24) is 10.2 Å². The van der Waals surface area contributed by atoms with Gasteiger partial charge in [0.15, 0.2) is 0 Å². The molecular formula is C13H26N2O2. The summed E-state index contributed by atoms with van der Waals surface area (Å²) >= 11 is 0. The van der Waals surface area contributed by atoms with Crippen molar-refractivity contribution < 1.29 is 9.53 Å². The smallest absolute Gasteiger partial charge is 0.222 e. The normalized spacial score (nSPS) is 19.5. The van der Waals surface area contributed by atoms with Crippen molar-refractivity contribution >= 4 is 5.91 Å². The molecule has 100 valence electrons. The molecule has 1 rings (SSSR count). The van der Waals surface area contributed by atoms with Crippen LogP contribution in [0.2, 0.25) is 0 Å². The highest BCUT2D eigenvalue weighted by molar-refractivity contribution is 5.76. The monoisotopic (exact) mass is 242 g/mol. The van der Waals surface area contributed by atoms with Crippen LogP contribution < -0.4 is 5.32 Å². The van der Waals surface area contributed by atoms with Crippen LogP contribution in [-0.4, -0.2) is 50.2 Å². The number of hydrogen-bond donors (Lipinski definition) is 1. The summed E-state index contributed by atoms with van der Waals surface area (Å²) in [5, 5.41) is 3.45. The molecule has 1 fully saturated rings. The summed E-state index contributed by atoms with van der Waals surface area (Å²) in [6.45, 7) is 5.65. The maximum absolute atomic E-state index is 12.0. The van der Waals surface area contributed by atoms with Crippen molar-refractivity contribution in [2.45, 2.75) is 45.1 Å². The number of carbonyl (C=O) groups excluding carboxylic acids is 1. The van der Waals surface area contributed by atoms with E-state index in [0.717, 1.165) is 32.5 Å². The third-order valence-corrected chi connectivity index (χ3v) is 3.19. The maximum Gasteiger partial charge on any atom is 0.222 e. The third kappa shape index (κ3) is 5.50. The SMILES string of the molecule is CCCN(CC1CCCN1)C(=O)CCCOC. The van der Waals surface area contributed by atoms with Gasteiger partial charge in [-0.2, -0.15) is 0 Å². The summed E-state index contributed by atoms with van der Waals surface area (Å²) in [5.74, 6) is 0.276. The summed E-state index contributed by atoms with van der Waals surface area (Å²) in [5.41, 5.74) is 0. The van der Waals surface area contributed by atoms with E-state index >= 15 is 0 Å². The molecule has 0 radical (unpaired) electrons. The van der Waals surface area contributed by atoms with E-state index in [9.17, 15) is 4.79 Å². The molecule has 0 bridgehead atoms. The van der Waals surface area contributed by atoms with Gasteiger partial charge in [-0.3, -0.25) is 4.79 Å². The van der Waals surface area contributed by atoms with Gasteiger partial charge < -0.3 is 15.0 Å². The average molecular weight is 242 g/mol. The van der Waals surface area contributed by atoms with E-state index in [0.29, 0.717) is 19.1 Å². The van der Waals surface area contributed by atoms with E-state index in [1.807, 2.05) is 4.90 Å². The Balaban J connectivity index is 2.31. The van der Waals surface area contributed by atoms with Crippen molar-refractivity contribution in [1.29, 1.82) is 0 Å². The van der Waals surface area contributed by atoms with Gasteiger partial charge in [-0.05, 0) is 32.2 Å². The Morgan fingerprint density at radius 2 is 2.35 bits per heavy atom. The molecule has 4 heteroatoms. The molecule has 0 aromatic heterocycles. The quantitative estimate of drug-likeness (QED) is 0.654. The summed E-state index contributed by atoms with van der Waals surface area (Å²) < 4.78 is 4.98. The van der Waals surface area contributed by atoms with Crippen LogP contribution in [0.5, 0.6) is 0 Å². The maximum atomic E-state index is 12.0. The van der Waals surface area contributed by atoms with E-state index in [2.05, 4.69) is 12.2 Å². The minimum Gasteiger partial charge on any atom is -0.385 e. The number of carbonyl (C=O) groups is 1. The molecule has 1 unspecified atom stereocenters. The second kappa shape index (κ2) is 8.48. The number of nitrogens with zero attached hydrogens (tertiary/aromatic N) is 1. The van der Waals surface area contributed by atoms with E-state index in [4.69, 9.17) is 4.74 Å². The van der Waals surface area contributed by atoms with Crippen LogP contribution >= 0.6 is 0 Å². The standard InChI is InChI=1S/C13H26N2O2/c1-3-9-15(11-12-6-4-8-14-12)13(16)7-5-10-17-2/h12,14H,3-11H2,1-2H3. The molecule has 0 saturated carbocycles. The molecule has 1 aliphatic rings. The molecule has 17 heavy (non-hydrogen) atoms. The van der Waals surface area contributed by atoms with Gasteiger partial charge in [0, 0.05) is 39.3 Å². The Labute approximate surface area is 105 Å². The highest BCUT2D eigenvalue weighted by atomic mass is 16.5. The molecule has 1 aliphatic heterocycles. The molecule has 1 heterocycles. The molecule has 0 spiro atoms. The van der Waals surface area contributed by atoms with E-state index in [1.54, 1.807) is 7.11 Å². The van der Waals surface area contributed by atoms with Crippen molar-refractivity contribution in [3.05, 3.63) is 0 Å². The Morgan fingerprint density at radius 1 is 1.53 bits per heavy atom. The third-order valence-electron chi connectivity index (χ3n) is 3.19. The number of ether oxygens (including phenoxy) is 1. The van der Waals surface area contributed by atoms with Crippen LogP contribution in [0.1, 0.15) is 39.0 Å². The largest absolute Gasteiger partial charge is 0.385 e. The van der Waals surface area contributed by atoms with Gasteiger partial charge in [0.05, 0.1) is 0 Å². The van der Waals surface area contributed by atoms with Crippen molar-refractivity contribution in [3.8, 4) is 0 Å². The fourth-order valence-corrected chi connectivity index (χ4v) is 2.29. The number of rotatable bonds is 8. The van der Waals surface area contributed by atoms with Gasteiger partial charge in [-0.25, -0.2) is 0 Å². The lowest BCUT2D eigenvalue weighted by Crippen LogP contribution is -2.41. The number of amides is 1. The van der Waals surface area contributed by atoms with Crippen LogP contribution in [0.4, 0.5) is 0 Å². The molecule has 4 nitrogen and oxygen atoms in total. The first-order valence-corrected chi connectivity index (χ1v) is 6.78. The van der Waals surface area contributed by atoms with E-state index in [-0.39, 0.29) is 5.91 Å². The van der Waals surface area contributed by atoms with Crippen LogP contribution in [-0.2, 0) is 9.53 Å². The second-order valence-electron chi connectivity index (χ2n) is 4.73.